The van der Waals surface area contributed by atoms with Gasteiger partial charge >= 0.3 is 0 Å². The molecule has 0 bridgehead atoms. The van der Waals surface area contributed by atoms with Gasteiger partial charge in [0.05, 0.1) is 33.5 Å². The summed E-state index contributed by atoms with van der Waals surface area (Å²) >= 11 is 1.93. The smallest absolute Gasteiger partial charge is 0.160 e. The monoisotopic (exact) mass is 1080 g/mol. The number of rotatable bonds is 6. The molecule has 1 spiro atoms. The zero-order valence-corrected chi connectivity index (χ0v) is 48.3. The Morgan fingerprint density at radius 1 is 0.427 bits per heavy atom. The lowest BCUT2D eigenvalue weighted by Gasteiger charge is -2.40. The number of para-hydroxylation sites is 6. The van der Waals surface area contributed by atoms with Gasteiger partial charge in [-0.15, -0.1) is 11.3 Å². The Bertz CT molecular complexity index is 4980. The van der Waals surface area contributed by atoms with Crippen LogP contribution in [0.1, 0.15) is 86.1 Å². The third kappa shape index (κ3) is 6.72. The van der Waals surface area contributed by atoms with Crippen LogP contribution in [0.4, 0.5) is 34.1 Å². The number of aromatic nitrogens is 1. The van der Waals surface area contributed by atoms with E-state index in [1.807, 2.05) is 11.3 Å². The van der Waals surface area contributed by atoms with Gasteiger partial charge in [0.25, 0.3) is 0 Å². The Morgan fingerprint density at radius 2 is 0.951 bits per heavy atom. The topological polar surface area (TPSA) is 24.6 Å². The molecule has 2 aliphatic rings. The molecule has 4 heterocycles. The van der Waals surface area contributed by atoms with Crippen molar-refractivity contribution in [3.05, 3.63) is 269 Å². The van der Waals surface area contributed by atoms with Crippen LogP contribution in [0.15, 0.2) is 229 Å². The molecule has 0 N–H and O–H groups in total. The highest BCUT2D eigenvalue weighted by atomic mass is 32.1. The Hall–Kier alpha value is -9.16. The molecule has 1 unspecified atom stereocenters. The molecule has 1 aliphatic heterocycles. The van der Waals surface area contributed by atoms with Crippen LogP contribution in [0.2, 0.25) is 0 Å². The summed E-state index contributed by atoms with van der Waals surface area (Å²) < 4.78 is 12.6. The van der Waals surface area contributed by atoms with Gasteiger partial charge in [-0.3, -0.25) is 0 Å². The molecule has 1 atom stereocenters. The minimum atomic E-state index is -0.855. The van der Waals surface area contributed by atoms with Gasteiger partial charge in [0.15, 0.2) is 5.58 Å². The third-order valence-corrected chi connectivity index (χ3v) is 19.3. The first-order valence-electron chi connectivity index (χ1n) is 28.8. The lowest BCUT2D eigenvalue weighted by Crippen LogP contribution is -2.34. The third-order valence-electron chi connectivity index (χ3n) is 18.1. The molecule has 14 aromatic rings. The van der Waals surface area contributed by atoms with Crippen LogP contribution in [0.5, 0.6) is 0 Å². The average molecular weight is 1080 g/mol. The van der Waals surface area contributed by atoms with E-state index in [0.29, 0.717) is 0 Å². The van der Waals surface area contributed by atoms with Crippen molar-refractivity contribution >= 4 is 109 Å². The summed E-state index contributed by atoms with van der Waals surface area (Å²) in [5, 5.41) is 7.21. The Labute approximate surface area is 482 Å². The van der Waals surface area contributed by atoms with Crippen LogP contribution in [0.3, 0.4) is 0 Å². The highest BCUT2D eigenvalue weighted by Gasteiger charge is 2.54. The van der Waals surface area contributed by atoms with Gasteiger partial charge in [-0.1, -0.05) is 193 Å². The van der Waals surface area contributed by atoms with E-state index in [0.717, 1.165) is 56.1 Å². The maximum Gasteiger partial charge on any atom is 0.160 e. The van der Waals surface area contributed by atoms with Crippen molar-refractivity contribution in [1.29, 1.82) is 0 Å². The molecule has 5 heteroatoms. The maximum atomic E-state index is 7.51. The van der Waals surface area contributed by atoms with E-state index >= 15 is 0 Å². The molecule has 11 aromatic carbocycles. The quantitative estimate of drug-likeness (QED) is 0.166. The second kappa shape index (κ2) is 17.4. The summed E-state index contributed by atoms with van der Waals surface area (Å²) in [5.74, 6) is 0. The van der Waals surface area contributed by atoms with E-state index in [4.69, 9.17) is 4.42 Å². The molecule has 16 rings (SSSR count). The predicted molar refractivity (Wildman–Crippen MR) is 348 cm³/mol. The summed E-state index contributed by atoms with van der Waals surface area (Å²) in [4.78, 5) is 5.05. The fraction of sp³-hybridized carbons (Fsp3) is 0.143. The Kier molecular flexibility index (Phi) is 10.4. The van der Waals surface area contributed by atoms with Gasteiger partial charge in [-0.05, 0) is 142 Å². The van der Waals surface area contributed by atoms with Crippen molar-refractivity contribution in [2.75, 3.05) is 9.80 Å². The van der Waals surface area contributed by atoms with Crippen LogP contribution >= 0.6 is 11.3 Å². The number of hydrogen-bond acceptors (Lipinski definition) is 4. The molecular formula is C77H61N3OS. The summed E-state index contributed by atoms with van der Waals surface area (Å²) in [5.41, 5.74) is 23.5. The molecule has 0 saturated carbocycles. The number of thiophene rings is 1. The summed E-state index contributed by atoms with van der Waals surface area (Å²) in [6, 6.07) is 84.9. The molecular weight excluding hydrogens is 1010 g/mol. The molecule has 82 heavy (non-hydrogen) atoms. The second-order valence-corrected chi connectivity index (χ2v) is 26.0. The Morgan fingerprint density at radius 3 is 1.62 bits per heavy atom. The Balaban J connectivity index is 1.14. The van der Waals surface area contributed by atoms with Gasteiger partial charge in [0, 0.05) is 75.6 Å². The molecule has 0 fully saturated rings. The highest BCUT2D eigenvalue weighted by Crippen LogP contribution is 2.67. The number of benzene rings is 11. The fourth-order valence-electron chi connectivity index (χ4n) is 14.3. The van der Waals surface area contributed by atoms with E-state index < -0.39 is 5.41 Å². The van der Waals surface area contributed by atoms with Gasteiger partial charge in [0.2, 0.25) is 0 Å². The summed E-state index contributed by atoms with van der Waals surface area (Å²) in [6.07, 6.45) is 0. The van der Waals surface area contributed by atoms with E-state index in [-0.39, 0.29) is 10.8 Å². The average Bonchev–Trinajstić information content (AvgIpc) is 2.09. The van der Waals surface area contributed by atoms with Crippen molar-refractivity contribution in [2.45, 2.75) is 71.6 Å². The lowest BCUT2D eigenvalue weighted by atomic mass is 9.65. The molecule has 0 amide bonds. The second-order valence-electron chi connectivity index (χ2n) is 24.9. The minimum Gasteiger partial charge on any atom is -0.454 e. The van der Waals surface area contributed by atoms with E-state index in [9.17, 15) is 0 Å². The van der Waals surface area contributed by atoms with Gasteiger partial charge in [-0.2, -0.15) is 0 Å². The van der Waals surface area contributed by atoms with Gasteiger partial charge in [0.1, 0.15) is 5.58 Å². The SMILES string of the molecule is Cc1ccccc1N(c1ccc(C(C)(C)C)cc1)c1cc2c(c3c1oc1ccccc13)-c1c(cc(N(c3ccc(C(C)(C)C)cc3)c3ccccc3C)c3c1sc1ccccc13)C21c2ccccc2-n2c3ccccc3c3cccc1c32. The first-order chi connectivity index (χ1) is 39.8. The van der Waals surface area contributed by atoms with Crippen LogP contribution in [-0.4, -0.2) is 4.57 Å². The van der Waals surface area contributed by atoms with Crippen LogP contribution in [0, 0.1) is 13.8 Å². The largest absolute Gasteiger partial charge is 0.454 e. The number of nitrogens with zero attached hydrogens (tertiary/aromatic N) is 3. The predicted octanol–water partition coefficient (Wildman–Crippen LogP) is 21.9. The van der Waals surface area contributed by atoms with Crippen molar-refractivity contribution in [3.8, 4) is 16.8 Å². The molecule has 396 valence electrons. The minimum absolute atomic E-state index is 0.0153. The van der Waals surface area contributed by atoms with E-state index in [1.165, 1.54) is 103 Å². The zero-order valence-electron chi connectivity index (χ0n) is 47.5. The molecule has 1 aliphatic carbocycles. The van der Waals surface area contributed by atoms with E-state index in [1.54, 1.807) is 0 Å². The van der Waals surface area contributed by atoms with Crippen LogP contribution in [-0.2, 0) is 16.2 Å². The highest BCUT2D eigenvalue weighted by molar-refractivity contribution is 7.26. The molecule has 3 aromatic heterocycles. The number of furan rings is 1. The normalized spacial score (nSPS) is 14.6. The number of anilines is 6. The summed E-state index contributed by atoms with van der Waals surface area (Å²) in [7, 11) is 0. The standard InChI is InChI=1S/C77H61N3OS/c1-46-22-9-15-30-60(46)78(50-40-36-48(37-41-50)75(3,4)5)64-44-59-71(74-68(64)55-26-13-20-35-67(55)82-74)70-58(77(59)56-28-14-18-33-63(56)80-62-32-17-11-24-52(62)53-27-21-29-57(77)72(53)80)45-65(73-69(70)54-25-12-19-34-66(54)81-73)79(61-31-16-10-23-47(61)2)51-42-38-49(39-43-51)76(6,7)8/h9-45H,1-8H3. The number of hydrogen-bond donors (Lipinski definition) is 0. The first-order valence-corrected chi connectivity index (χ1v) is 29.7. The maximum absolute atomic E-state index is 7.51. The molecule has 0 radical (unpaired) electrons. The fourth-order valence-corrected chi connectivity index (χ4v) is 15.6. The van der Waals surface area contributed by atoms with Crippen molar-refractivity contribution < 1.29 is 4.42 Å². The van der Waals surface area contributed by atoms with Crippen molar-refractivity contribution in [1.82, 2.24) is 4.57 Å². The van der Waals surface area contributed by atoms with Crippen LogP contribution < -0.4 is 9.80 Å². The van der Waals surface area contributed by atoms with Crippen molar-refractivity contribution in [3.63, 3.8) is 0 Å². The molecule has 4 nitrogen and oxygen atoms in total. The van der Waals surface area contributed by atoms with Gasteiger partial charge in [-0.25, -0.2) is 0 Å². The number of aryl methyl sites for hydroxylation is 2. The lowest BCUT2D eigenvalue weighted by molar-refractivity contribution is 0.590. The first kappa shape index (κ1) is 48.7. The molecule has 0 saturated heterocycles. The van der Waals surface area contributed by atoms with E-state index in [2.05, 4.69) is 294 Å². The number of fused-ring (bicyclic) bond motifs is 20. The zero-order chi connectivity index (χ0) is 55.6. The van der Waals surface area contributed by atoms with Gasteiger partial charge < -0.3 is 18.8 Å². The summed E-state index contributed by atoms with van der Waals surface area (Å²) in [6.45, 7) is 18.3. The van der Waals surface area contributed by atoms with Crippen molar-refractivity contribution in [2.24, 2.45) is 0 Å². The van der Waals surface area contributed by atoms with Crippen LogP contribution in [0.25, 0.3) is 80.7 Å².